The number of hydrogen-bond donors (Lipinski definition) is 3. The average Bonchev–Trinajstić information content (AvgIpc) is 3.13. The molecule has 0 atom stereocenters. The maximum atomic E-state index is 14.3. The number of carbonyl (C=O) groups excluding carboxylic acids is 1. The number of amides is 1. The Hall–Kier alpha value is -3.39. The van der Waals surface area contributed by atoms with Crippen LogP contribution in [0.2, 0.25) is 0 Å². The third kappa shape index (κ3) is 4.60. The molecular formula is C18H13F4N5O3S2. The van der Waals surface area contributed by atoms with Crippen LogP contribution < -0.4 is 22.3 Å². The SMILES string of the molecule is Cn1c(N)c(C(=S)CC(=O)Nc2nc(-c3cccc(C(F)(F)F)c3F)cs2)c(=O)[nH]c1=O. The van der Waals surface area contributed by atoms with Gasteiger partial charge in [-0.05, 0) is 12.1 Å². The predicted octanol–water partition coefficient (Wildman–Crippen LogP) is 2.68. The molecule has 8 nitrogen and oxygen atoms in total. The van der Waals surface area contributed by atoms with Gasteiger partial charge in [-0.25, -0.2) is 14.2 Å². The van der Waals surface area contributed by atoms with E-state index in [0.717, 1.165) is 28.0 Å². The van der Waals surface area contributed by atoms with E-state index in [9.17, 15) is 31.9 Å². The van der Waals surface area contributed by atoms with Crippen LogP contribution in [0.5, 0.6) is 0 Å². The van der Waals surface area contributed by atoms with Gasteiger partial charge < -0.3 is 11.1 Å². The van der Waals surface area contributed by atoms with E-state index in [2.05, 4.69) is 10.3 Å². The first-order valence-electron chi connectivity index (χ1n) is 8.63. The van der Waals surface area contributed by atoms with E-state index in [-0.39, 0.29) is 32.6 Å². The minimum absolute atomic E-state index is 0.0213. The molecule has 0 unspecified atom stereocenters. The summed E-state index contributed by atoms with van der Waals surface area (Å²) in [5.74, 6) is -2.39. The summed E-state index contributed by atoms with van der Waals surface area (Å²) in [7, 11) is 1.31. The summed E-state index contributed by atoms with van der Waals surface area (Å²) >= 11 is 5.95. The maximum Gasteiger partial charge on any atom is 0.419 e. The van der Waals surface area contributed by atoms with Gasteiger partial charge in [-0.15, -0.1) is 11.3 Å². The fourth-order valence-electron chi connectivity index (χ4n) is 2.71. The van der Waals surface area contributed by atoms with Gasteiger partial charge in [-0.3, -0.25) is 19.1 Å². The van der Waals surface area contributed by atoms with Gasteiger partial charge in [0.05, 0.1) is 23.2 Å². The zero-order chi connectivity index (χ0) is 23.8. The van der Waals surface area contributed by atoms with Crippen LogP contribution in [0.4, 0.5) is 28.5 Å². The lowest BCUT2D eigenvalue weighted by molar-refractivity contribution is -0.139. The van der Waals surface area contributed by atoms with Crippen molar-refractivity contribution < 1.29 is 22.4 Å². The van der Waals surface area contributed by atoms with Crippen molar-refractivity contribution in [3.05, 3.63) is 61.4 Å². The summed E-state index contributed by atoms with van der Waals surface area (Å²) in [5.41, 5.74) is 2.02. The molecule has 4 N–H and O–H groups in total. The minimum atomic E-state index is -4.87. The van der Waals surface area contributed by atoms with Crippen molar-refractivity contribution in [1.82, 2.24) is 14.5 Å². The van der Waals surface area contributed by atoms with E-state index < -0.39 is 41.1 Å². The molecule has 0 saturated carbocycles. The predicted molar refractivity (Wildman–Crippen MR) is 114 cm³/mol. The molecule has 0 spiro atoms. The monoisotopic (exact) mass is 487 g/mol. The number of anilines is 2. The Balaban J connectivity index is 1.78. The normalized spacial score (nSPS) is 11.4. The molecule has 0 aliphatic rings. The van der Waals surface area contributed by atoms with Gasteiger partial charge in [-0.1, -0.05) is 18.3 Å². The lowest BCUT2D eigenvalue weighted by Crippen LogP contribution is -2.35. The molecule has 0 fully saturated rings. The Morgan fingerprint density at radius 2 is 2.03 bits per heavy atom. The van der Waals surface area contributed by atoms with Crippen molar-refractivity contribution >= 4 is 45.3 Å². The number of thiazole rings is 1. The Morgan fingerprint density at radius 1 is 1.34 bits per heavy atom. The van der Waals surface area contributed by atoms with Gasteiger partial charge in [0.2, 0.25) is 5.91 Å². The fraction of sp³-hybridized carbons (Fsp3) is 0.167. The van der Waals surface area contributed by atoms with E-state index >= 15 is 0 Å². The van der Waals surface area contributed by atoms with Crippen molar-refractivity contribution in [3.8, 4) is 11.3 Å². The number of benzene rings is 1. The number of thiocarbonyl (C=S) groups is 1. The van der Waals surface area contributed by atoms with Crippen LogP contribution in [-0.2, 0) is 18.0 Å². The van der Waals surface area contributed by atoms with Gasteiger partial charge >= 0.3 is 11.9 Å². The maximum absolute atomic E-state index is 14.3. The number of rotatable bonds is 5. The summed E-state index contributed by atoms with van der Waals surface area (Å²) in [5, 5.41) is 3.64. The molecule has 1 amide bonds. The van der Waals surface area contributed by atoms with Crippen LogP contribution in [0.25, 0.3) is 11.3 Å². The molecule has 3 aromatic rings. The molecule has 0 bridgehead atoms. The highest BCUT2D eigenvalue weighted by molar-refractivity contribution is 7.81. The summed E-state index contributed by atoms with van der Waals surface area (Å²) in [6, 6.07) is 2.79. The summed E-state index contributed by atoms with van der Waals surface area (Å²) < 4.78 is 54.0. The molecule has 0 aliphatic carbocycles. The highest BCUT2D eigenvalue weighted by atomic mass is 32.1. The van der Waals surface area contributed by atoms with E-state index in [1.807, 2.05) is 4.98 Å². The van der Waals surface area contributed by atoms with Crippen LogP contribution in [0.1, 0.15) is 17.5 Å². The molecule has 0 radical (unpaired) electrons. The first kappa shape index (κ1) is 23.3. The number of H-pyrrole nitrogens is 1. The molecule has 2 heterocycles. The second-order valence-electron chi connectivity index (χ2n) is 6.43. The van der Waals surface area contributed by atoms with Crippen molar-refractivity contribution in [2.75, 3.05) is 11.1 Å². The van der Waals surface area contributed by atoms with Crippen molar-refractivity contribution in [1.29, 1.82) is 0 Å². The molecule has 14 heteroatoms. The molecule has 32 heavy (non-hydrogen) atoms. The number of halogens is 4. The van der Waals surface area contributed by atoms with Crippen molar-refractivity contribution in [2.24, 2.45) is 7.05 Å². The van der Waals surface area contributed by atoms with E-state index in [4.69, 9.17) is 18.0 Å². The number of nitrogens with zero attached hydrogens (tertiary/aromatic N) is 2. The van der Waals surface area contributed by atoms with Gasteiger partial charge in [-0.2, -0.15) is 13.2 Å². The molecule has 0 saturated heterocycles. The number of alkyl halides is 3. The minimum Gasteiger partial charge on any atom is -0.384 e. The second kappa shape index (κ2) is 8.63. The largest absolute Gasteiger partial charge is 0.419 e. The van der Waals surface area contributed by atoms with Crippen LogP contribution in [0.15, 0.2) is 33.2 Å². The number of aromatic amines is 1. The van der Waals surface area contributed by atoms with E-state index in [1.165, 1.54) is 12.4 Å². The summed E-state index contributed by atoms with van der Waals surface area (Å²) in [4.78, 5) is 41.6. The van der Waals surface area contributed by atoms with Crippen molar-refractivity contribution in [3.63, 3.8) is 0 Å². The third-order valence-electron chi connectivity index (χ3n) is 4.30. The number of carbonyl (C=O) groups is 1. The van der Waals surface area contributed by atoms with Crippen molar-refractivity contribution in [2.45, 2.75) is 12.6 Å². The number of nitrogens with two attached hydrogens (primary N) is 1. The molecule has 1 aromatic carbocycles. The zero-order valence-corrected chi connectivity index (χ0v) is 17.7. The molecule has 0 aliphatic heterocycles. The highest BCUT2D eigenvalue weighted by Gasteiger charge is 2.35. The fourth-order valence-corrected chi connectivity index (χ4v) is 3.76. The molecule has 3 rings (SSSR count). The standard InChI is InChI=1S/C18H13F4N5O3S2/c1-27-14(23)12(15(29)26-17(27)30)10(31)5-11(28)25-16-24-9(6-32-16)7-3-2-4-8(13(7)19)18(20,21)22/h2-4,6H,5,23H2,1H3,(H,24,25,28)(H,26,29,30). The highest BCUT2D eigenvalue weighted by Crippen LogP contribution is 2.36. The van der Waals surface area contributed by atoms with Gasteiger partial charge in [0.25, 0.3) is 5.56 Å². The van der Waals surface area contributed by atoms with Crippen LogP contribution in [0.3, 0.4) is 0 Å². The molecular weight excluding hydrogens is 474 g/mol. The Kier molecular flexibility index (Phi) is 6.27. The lowest BCUT2D eigenvalue weighted by atomic mass is 10.1. The van der Waals surface area contributed by atoms with E-state index in [0.29, 0.717) is 6.07 Å². The second-order valence-corrected chi connectivity index (χ2v) is 7.78. The lowest BCUT2D eigenvalue weighted by Gasteiger charge is -2.10. The topological polar surface area (TPSA) is 123 Å². The van der Waals surface area contributed by atoms with Crippen LogP contribution in [0, 0.1) is 5.82 Å². The summed E-state index contributed by atoms with van der Waals surface area (Å²) in [6.45, 7) is 0. The summed E-state index contributed by atoms with van der Waals surface area (Å²) in [6.07, 6.45) is -5.34. The smallest absolute Gasteiger partial charge is 0.384 e. The number of nitrogen functional groups attached to an aromatic ring is 1. The quantitative estimate of drug-likeness (QED) is 0.289. The Bertz CT molecular complexity index is 1340. The van der Waals surface area contributed by atoms with Crippen LogP contribution >= 0.6 is 23.6 Å². The van der Waals surface area contributed by atoms with Gasteiger partial charge in [0.1, 0.15) is 11.6 Å². The first-order chi connectivity index (χ1) is 14.9. The molecule has 168 valence electrons. The number of hydrogen-bond acceptors (Lipinski definition) is 7. The van der Waals surface area contributed by atoms with Crippen LogP contribution in [-0.4, -0.2) is 25.3 Å². The Morgan fingerprint density at radius 3 is 2.69 bits per heavy atom. The third-order valence-corrected chi connectivity index (χ3v) is 5.41. The average molecular weight is 487 g/mol. The van der Waals surface area contributed by atoms with Gasteiger partial charge in [0, 0.05) is 22.9 Å². The number of nitrogens with one attached hydrogen (secondary N) is 2. The van der Waals surface area contributed by atoms with Gasteiger partial charge in [0.15, 0.2) is 5.13 Å². The first-order valence-corrected chi connectivity index (χ1v) is 9.92. The Labute approximate surface area is 185 Å². The molecule has 2 aromatic heterocycles. The zero-order valence-electron chi connectivity index (χ0n) is 16.0. The number of aromatic nitrogens is 3. The van der Waals surface area contributed by atoms with E-state index in [1.54, 1.807) is 0 Å².